The van der Waals surface area contributed by atoms with Gasteiger partial charge in [-0.1, -0.05) is 11.6 Å². The van der Waals surface area contributed by atoms with Crippen molar-refractivity contribution >= 4 is 37.3 Å². The van der Waals surface area contributed by atoms with Crippen LogP contribution in [0.5, 0.6) is 0 Å². The maximum atomic E-state index is 11.3. The highest BCUT2D eigenvalue weighted by atomic mass is 35.7. The summed E-state index contributed by atoms with van der Waals surface area (Å²) in [6.45, 7) is 1.57. The van der Waals surface area contributed by atoms with E-state index in [1.165, 1.54) is 13.2 Å². The van der Waals surface area contributed by atoms with Gasteiger partial charge in [0.05, 0.1) is 17.7 Å². The van der Waals surface area contributed by atoms with E-state index in [1.807, 2.05) is 0 Å². The normalized spacial score (nSPS) is 11.2. The Labute approximate surface area is 103 Å². The predicted octanol–water partition coefficient (Wildman–Crippen LogP) is 2.36. The molecule has 88 valence electrons. The fourth-order valence-electron chi connectivity index (χ4n) is 1.15. The van der Waals surface area contributed by atoms with Gasteiger partial charge in [-0.05, 0) is 24.6 Å². The third-order valence-electron chi connectivity index (χ3n) is 1.90. The summed E-state index contributed by atoms with van der Waals surface area (Å²) >= 11 is 5.78. The van der Waals surface area contributed by atoms with E-state index in [0.717, 1.165) is 6.07 Å². The van der Waals surface area contributed by atoms with Crippen molar-refractivity contribution in [1.29, 1.82) is 0 Å². The minimum Gasteiger partial charge on any atom is -0.465 e. The molecule has 0 aromatic heterocycles. The molecule has 0 amide bonds. The largest absolute Gasteiger partial charge is 0.465 e. The fraction of sp³-hybridized carbons (Fsp3) is 0.222. The van der Waals surface area contributed by atoms with E-state index in [0.29, 0.717) is 5.56 Å². The minimum absolute atomic E-state index is 0.00246. The number of methoxy groups -OCH3 is 1. The second-order valence-corrected chi connectivity index (χ2v) is 5.95. The van der Waals surface area contributed by atoms with Gasteiger partial charge in [-0.2, -0.15) is 0 Å². The average Bonchev–Trinajstić information content (AvgIpc) is 2.18. The third kappa shape index (κ3) is 2.66. The zero-order valence-corrected chi connectivity index (χ0v) is 10.8. The minimum atomic E-state index is -3.99. The summed E-state index contributed by atoms with van der Waals surface area (Å²) in [5.74, 6) is -0.652. The van der Waals surface area contributed by atoms with Gasteiger partial charge in [0.1, 0.15) is 4.90 Å². The molecule has 0 aliphatic rings. The molecule has 0 saturated carbocycles. The summed E-state index contributed by atoms with van der Waals surface area (Å²) < 4.78 is 26.9. The Morgan fingerprint density at radius 2 is 1.94 bits per heavy atom. The Bertz CT molecular complexity index is 537. The van der Waals surface area contributed by atoms with Crippen LogP contribution in [0.1, 0.15) is 15.9 Å². The SMILES string of the molecule is COC(=O)c1cc(C)c(Cl)c(S(=O)(=O)Cl)c1. The lowest BCUT2D eigenvalue weighted by atomic mass is 10.1. The number of rotatable bonds is 2. The first kappa shape index (κ1) is 13.3. The van der Waals surface area contributed by atoms with Crippen molar-refractivity contribution in [3.8, 4) is 0 Å². The number of carbonyl (C=O) groups is 1. The molecule has 0 bridgehead atoms. The number of hydrogen-bond donors (Lipinski definition) is 0. The van der Waals surface area contributed by atoms with Crippen LogP contribution in [0.3, 0.4) is 0 Å². The molecule has 0 atom stereocenters. The molecule has 4 nitrogen and oxygen atoms in total. The monoisotopic (exact) mass is 282 g/mol. The molecule has 0 heterocycles. The van der Waals surface area contributed by atoms with Gasteiger partial charge in [0, 0.05) is 10.7 Å². The lowest BCUT2D eigenvalue weighted by Gasteiger charge is -2.06. The molecule has 0 unspecified atom stereocenters. The number of carbonyl (C=O) groups excluding carboxylic acids is 1. The number of aryl methyl sites for hydroxylation is 1. The van der Waals surface area contributed by atoms with Crippen molar-refractivity contribution in [2.24, 2.45) is 0 Å². The molecule has 7 heteroatoms. The second kappa shape index (κ2) is 4.61. The zero-order valence-electron chi connectivity index (χ0n) is 8.45. The predicted molar refractivity (Wildman–Crippen MR) is 60.6 cm³/mol. The summed E-state index contributed by atoms with van der Waals surface area (Å²) in [7, 11) is 2.40. The van der Waals surface area contributed by atoms with Gasteiger partial charge >= 0.3 is 5.97 Å². The topological polar surface area (TPSA) is 60.4 Å². The van der Waals surface area contributed by atoms with E-state index in [2.05, 4.69) is 4.74 Å². The van der Waals surface area contributed by atoms with Crippen molar-refractivity contribution in [3.63, 3.8) is 0 Å². The Kier molecular flexibility index (Phi) is 3.83. The van der Waals surface area contributed by atoms with E-state index in [-0.39, 0.29) is 15.5 Å². The molecule has 0 radical (unpaired) electrons. The van der Waals surface area contributed by atoms with Crippen LogP contribution in [0.25, 0.3) is 0 Å². The maximum absolute atomic E-state index is 11.3. The summed E-state index contributed by atoms with van der Waals surface area (Å²) in [6.07, 6.45) is 0. The quantitative estimate of drug-likeness (QED) is 0.617. The van der Waals surface area contributed by atoms with E-state index in [9.17, 15) is 13.2 Å². The van der Waals surface area contributed by atoms with Gasteiger partial charge in [0.15, 0.2) is 0 Å². The standard InChI is InChI=1S/C9H8Cl2O4S/c1-5-3-6(9(12)15-2)4-7(8(5)10)16(11,13)14/h3-4H,1-2H3. The number of esters is 1. The lowest BCUT2D eigenvalue weighted by molar-refractivity contribution is 0.0600. The second-order valence-electron chi connectivity index (χ2n) is 3.03. The van der Waals surface area contributed by atoms with Gasteiger partial charge < -0.3 is 4.74 Å². The van der Waals surface area contributed by atoms with E-state index in [1.54, 1.807) is 6.92 Å². The number of hydrogen-bond acceptors (Lipinski definition) is 4. The van der Waals surface area contributed by atoms with Gasteiger partial charge in [0.25, 0.3) is 9.05 Å². The molecule has 16 heavy (non-hydrogen) atoms. The molecular weight excluding hydrogens is 275 g/mol. The molecule has 1 rings (SSSR count). The fourth-order valence-corrected chi connectivity index (χ4v) is 2.69. The van der Waals surface area contributed by atoms with E-state index in [4.69, 9.17) is 22.3 Å². The number of halogens is 2. The van der Waals surface area contributed by atoms with Gasteiger partial charge in [-0.25, -0.2) is 13.2 Å². The Morgan fingerprint density at radius 1 is 1.38 bits per heavy atom. The van der Waals surface area contributed by atoms with Crippen LogP contribution in [0.2, 0.25) is 5.02 Å². The zero-order chi connectivity index (χ0) is 12.5. The molecule has 0 aliphatic carbocycles. The van der Waals surface area contributed by atoms with Crippen LogP contribution in [-0.4, -0.2) is 21.5 Å². The van der Waals surface area contributed by atoms with Crippen molar-refractivity contribution in [2.75, 3.05) is 7.11 Å². The third-order valence-corrected chi connectivity index (χ3v) is 3.86. The molecule has 0 aliphatic heterocycles. The highest BCUT2D eigenvalue weighted by Crippen LogP contribution is 2.29. The summed E-state index contributed by atoms with van der Waals surface area (Å²) in [5.41, 5.74) is 0.521. The Morgan fingerprint density at radius 3 is 2.38 bits per heavy atom. The Balaban J connectivity index is 3.52. The molecule has 1 aromatic carbocycles. The van der Waals surface area contributed by atoms with Crippen LogP contribution in [-0.2, 0) is 13.8 Å². The maximum Gasteiger partial charge on any atom is 0.337 e. The summed E-state index contributed by atoms with van der Waals surface area (Å²) in [5, 5.41) is 0.00246. The van der Waals surface area contributed by atoms with Crippen molar-refractivity contribution in [2.45, 2.75) is 11.8 Å². The number of ether oxygens (including phenoxy) is 1. The Hall–Kier alpha value is -0.780. The summed E-state index contributed by atoms with van der Waals surface area (Å²) in [4.78, 5) is 11.0. The molecule has 0 N–H and O–H groups in total. The van der Waals surface area contributed by atoms with Gasteiger partial charge in [-0.15, -0.1) is 0 Å². The van der Waals surface area contributed by atoms with Crippen LogP contribution in [0, 0.1) is 6.92 Å². The van der Waals surface area contributed by atoms with E-state index < -0.39 is 15.0 Å². The van der Waals surface area contributed by atoms with Crippen molar-refractivity contribution < 1.29 is 17.9 Å². The smallest absolute Gasteiger partial charge is 0.337 e. The van der Waals surface area contributed by atoms with Crippen molar-refractivity contribution in [1.82, 2.24) is 0 Å². The van der Waals surface area contributed by atoms with Gasteiger partial charge in [-0.3, -0.25) is 0 Å². The lowest BCUT2D eigenvalue weighted by Crippen LogP contribution is -2.04. The van der Waals surface area contributed by atoms with Crippen LogP contribution in [0.15, 0.2) is 17.0 Å². The average molecular weight is 283 g/mol. The van der Waals surface area contributed by atoms with Crippen LogP contribution >= 0.6 is 22.3 Å². The van der Waals surface area contributed by atoms with Crippen molar-refractivity contribution in [3.05, 3.63) is 28.3 Å². The highest BCUT2D eigenvalue weighted by molar-refractivity contribution is 8.13. The van der Waals surface area contributed by atoms with Crippen LogP contribution < -0.4 is 0 Å². The first-order valence-electron chi connectivity index (χ1n) is 4.10. The first-order valence-corrected chi connectivity index (χ1v) is 6.79. The van der Waals surface area contributed by atoms with Crippen LogP contribution in [0.4, 0.5) is 0 Å². The number of benzene rings is 1. The van der Waals surface area contributed by atoms with E-state index >= 15 is 0 Å². The molecule has 0 fully saturated rings. The highest BCUT2D eigenvalue weighted by Gasteiger charge is 2.20. The molecule has 1 aromatic rings. The first-order chi connectivity index (χ1) is 7.27. The molecule has 0 saturated heterocycles. The van der Waals surface area contributed by atoms with Gasteiger partial charge in [0.2, 0.25) is 0 Å². The summed E-state index contributed by atoms with van der Waals surface area (Å²) in [6, 6.07) is 2.52. The molecule has 0 spiro atoms. The molecular formula is C9H8Cl2O4S.